The summed E-state index contributed by atoms with van der Waals surface area (Å²) < 4.78 is 5.01. The first-order valence-corrected chi connectivity index (χ1v) is 6.35. The highest BCUT2D eigenvalue weighted by atomic mass is 16.5. The number of aromatic hydroxyl groups is 1. The maximum atomic E-state index is 12.3. The van der Waals surface area contributed by atoms with Gasteiger partial charge in [0.15, 0.2) is 0 Å². The first-order valence-electron chi connectivity index (χ1n) is 6.35. The van der Waals surface area contributed by atoms with Gasteiger partial charge in [-0.05, 0) is 32.6 Å². The number of hydrogen-bond donors (Lipinski definition) is 1. The first-order chi connectivity index (χ1) is 9.02. The zero-order chi connectivity index (χ0) is 14.0. The van der Waals surface area contributed by atoms with E-state index < -0.39 is 0 Å². The lowest BCUT2D eigenvalue weighted by Crippen LogP contribution is -2.34. The van der Waals surface area contributed by atoms with Gasteiger partial charge >= 0.3 is 0 Å². The quantitative estimate of drug-likeness (QED) is 0.890. The van der Waals surface area contributed by atoms with Gasteiger partial charge < -0.3 is 19.6 Å². The van der Waals surface area contributed by atoms with Gasteiger partial charge in [-0.15, -0.1) is 0 Å². The molecule has 1 amide bonds. The molecule has 0 bridgehead atoms. The van der Waals surface area contributed by atoms with Crippen molar-refractivity contribution < 1.29 is 14.6 Å². The van der Waals surface area contributed by atoms with Crippen molar-refractivity contribution in [2.45, 2.75) is 12.5 Å². The van der Waals surface area contributed by atoms with Crippen molar-refractivity contribution in [2.24, 2.45) is 0 Å². The zero-order valence-electron chi connectivity index (χ0n) is 11.6. The van der Waals surface area contributed by atoms with Gasteiger partial charge in [-0.1, -0.05) is 0 Å². The van der Waals surface area contributed by atoms with E-state index >= 15 is 0 Å². The maximum absolute atomic E-state index is 12.3. The summed E-state index contributed by atoms with van der Waals surface area (Å²) >= 11 is 0. The summed E-state index contributed by atoms with van der Waals surface area (Å²) in [7, 11) is 5.56. The molecule has 1 aromatic rings. The van der Waals surface area contributed by atoms with Crippen molar-refractivity contribution in [2.75, 3.05) is 34.3 Å². The number of ether oxygens (including phenoxy) is 1. The molecule has 0 aromatic heterocycles. The summed E-state index contributed by atoms with van der Waals surface area (Å²) in [4.78, 5) is 16.3. The molecule has 1 fully saturated rings. The number of rotatable bonds is 3. The van der Waals surface area contributed by atoms with Crippen LogP contribution >= 0.6 is 0 Å². The number of carbonyl (C=O) groups excluding carboxylic acids is 1. The zero-order valence-corrected chi connectivity index (χ0v) is 11.6. The molecule has 0 aliphatic carbocycles. The Balaban J connectivity index is 2.12. The summed E-state index contributed by atoms with van der Waals surface area (Å²) in [5.74, 6) is 0.392. The Morgan fingerprint density at radius 1 is 1.47 bits per heavy atom. The predicted molar refractivity (Wildman–Crippen MR) is 72.7 cm³/mol. The number of carbonyl (C=O) groups is 1. The molecule has 0 saturated carbocycles. The minimum absolute atomic E-state index is 0.0300. The Bertz CT molecular complexity index is 474. The summed E-state index contributed by atoms with van der Waals surface area (Å²) in [5.41, 5.74) is 0.334. The number of phenolic OH excluding ortho intramolecular Hbond substituents is 1. The van der Waals surface area contributed by atoms with Crippen LogP contribution in [0.3, 0.4) is 0 Å². The number of likely N-dealkylation sites (tertiary alicyclic amines) is 1. The SMILES string of the molecule is COc1ccc(C(=O)N2CCC(N(C)C)C2)c(O)c1. The second-order valence-corrected chi connectivity index (χ2v) is 5.04. The minimum atomic E-state index is -0.121. The number of benzene rings is 1. The lowest BCUT2D eigenvalue weighted by Gasteiger charge is -2.20. The topological polar surface area (TPSA) is 53.0 Å². The first kappa shape index (κ1) is 13.7. The molecule has 1 aromatic carbocycles. The van der Waals surface area contributed by atoms with Crippen LogP contribution in [0.2, 0.25) is 0 Å². The summed E-state index contributed by atoms with van der Waals surface area (Å²) in [6.45, 7) is 1.43. The average molecular weight is 264 g/mol. The average Bonchev–Trinajstić information content (AvgIpc) is 2.87. The largest absolute Gasteiger partial charge is 0.507 e. The number of methoxy groups -OCH3 is 1. The van der Waals surface area contributed by atoms with Gasteiger partial charge in [0, 0.05) is 25.2 Å². The van der Waals surface area contributed by atoms with E-state index in [9.17, 15) is 9.90 Å². The van der Waals surface area contributed by atoms with Gasteiger partial charge in [0.2, 0.25) is 0 Å². The lowest BCUT2D eigenvalue weighted by molar-refractivity contribution is 0.0780. The highest BCUT2D eigenvalue weighted by Gasteiger charge is 2.29. The second-order valence-electron chi connectivity index (χ2n) is 5.04. The van der Waals surface area contributed by atoms with Gasteiger partial charge in [-0.25, -0.2) is 0 Å². The van der Waals surface area contributed by atoms with Crippen LogP contribution in [0.15, 0.2) is 18.2 Å². The number of phenols is 1. The van der Waals surface area contributed by atoms with Crippen LogP contribution in [0.5, 0.6) is 11.5 Å². The van der Waals surface area contributed by atoms with E-state index in [1.807, 2.05) is 14.1 Å². The second kappa shape index (κ2) is 5.48. The van der Waals surface area contributed by atoms with Gasteiger partial charge in [-0.2, -0.15) is 0 Å². The smallest absolute Gasteiger partial charge is 0.257 e. The molecule has 1 aliphatic heterocycles. The Morgan fingerprint density at radius 2 is 2.21 bits per heavy atom. The molecule has 1 heterocycles. The van der Waals surface area contributed by atoms with Crippen LogP contribution in [0.4, 0.5) is 0 Å². The fraction of sp³-hybridized carbons (Fsp3) is 0.500. The normalized spacial score (nSPS) is 18.9. The van der Waals surface area contributed by atoms with E-state index in [-0.39, 0.29) is 11.7 Å². The molecule has 0 spiro atoms. The van der Waals surface area contributed by atoms with Gasteiger partial charge in [-0.3, -0.25) is 4.79 Å². The molecule has 2 rings (SSSR count). The van der Waals surface area contributed by atoms with Crippen molar-refractivity contribution in [3.05, 3.63) is 23.8 Å². The molecule has 1 saturated heterocycles. The van der Waals surface area contributed by atoms with Gasteiger partial charge in [0.05, 0.1) is 12.7 Å². The van der Waals surface area contributed by atoms with Crippen molar-refractivity contribution in [3.63, 3.8) is 0 Å². The molecule has 5 nitrogen and oxygen atoms in total. The maximum Gasteiger partial charge on any atom is 0.257 e. The van der Waals surface area contributed by atoms with Crippen molar-refractivity contribution >= 4 is 5.91 Å². The van der Waals surface area contributed by atoms with E-state index in [0.29, 0.717) is 23.9 Å². The predicted octanol–water partition coefficient (Wildman–Crippen LogP) is 1.18. The van der Waals surface area contributed by atoms with E-state index in [1.54, 1.807) is 17.0 Å². The Labute approximate surface area is 113 Å². The fourth-order valence-corrected chi connectivity index (χ4v) is 2.34. The molecule has 1 unspecified atom stereocenters. The minimum Gasteiger partial charge on any atom is -0.507 e. The van der Waals surface area contributed by atoms with Crippen LogP contribution in [0, 0.1) is 0 Å². The molecule has 0 radical (unpaired) electrons. The van der Waals surface area contributed by atoms with Crippen LogP contribution in [-0.2, 0) is 0 Å². The molecular formula is C14H20N2O3. The third-order valence-electron chi connectivity index (χ3n) is 3.62. The summed E-state index contributed by atoms with van der Waals surface area (Å²) in [5, 5.41) is 9.89. The van der Waals surface area contributed by atoms with Gasteiger partial charge in [0.1, 0.15) is 11.5 Å². The number of amides is 1. The van der Waals surface area contributed by atoms with E-state index in [2.05, 4.69) is 4.90 Å². The van der Waals surface area contributed by atoms with E-state index in [1.165, 1.54) is 13.2 Å². The highest BCUT2D eigenvalue weighted by molar-refractivity contribution is 5.97. The van der Waals surface area contributed by atoms with Crippen molar-refractivity contribution in [3.8, 4) is 11.5 Å². The summed E-state index contributed by atoms with van der Waals surface area (Å²) in [6.07, 6.45) is 0.968. The third kappa shape index (κ3) is 2.81. The monoisotopic (exact) mass is 264 g/mol. The fourth-order valence-electron chi connectivity index (χ4n) is 2.34. The van der Waals surface area contributed by atoms with Crippen LogP contribution < -0.4 is 4.74 Å². The third-order valence-corrected chi connectivity index (χ3v) is 3.62. The van der Waals surface area contributed by atoms with E-state index in [0.717, 1.165) is 13.0 Å². The Hall–Kier alpha value is -1.75. The Morgan fingerprint density at radius 3 is 2.74 bits per heavy atom. The van der Waals surface area contributed by atoms with Crippen molar-refractivity contribution in [1.29, 1.82) is 0 Å². The lowest BCUT2D eigenvalue weighted by atomic mass is 10.1. The number of likely N-dealkylation sites (N-methyl/N-ethyl adjacent to an activating group) is 1. The molecule has 104 valence electrons. The van der Waals surface area contributed by atoms with E-state index in [4.69, 9.17) is 4.74 Å². The van der Waals surface area contributed by atoms with Crippen molar-refractivity contribution in [1.82, 2.24) is 9.80 Å². The Kier molecular flexibility index (Phi) is 3.95. The molecule has 1 aliphatic rings. The van der Waals surface area contributed by atoms with Crippen LogP contribution in [0.25, 0.3) is 0 Å². The summed E-state index contributed by atoms with van der Waals surface area (Å²) in [6, 6.07) is 5.16. The van der Waals surface area contributed by atoms with Crippen LogP contribution in [0.1, 0.15) is 16.8 Å². The number of nitrogens with zero attached hydrogens (tertiary/aromatic N) is 2. The molecule has 1 atom stereocenters. The standard InChI is InChI=1S/C14H20N2O3/c1-15(2)10-6-7-16(9-10)14(18)12-5-4-11(19-3)8-13(12)17/h4-5,8,10,17H,6-7,9H2,1-3H3. The molecule has 19 heavy (non-hydrogen) atoms. The van der Waals surface area contributed by atoms with Crippen LogP contribution in [-0.4, -0.2) is 61.2 Å². The number of hydrogen-bond acceptors (Lipinski definition) is 4. The highest BCUT2D eigenvalue weighted by Crippen LogP contribution is 2.26. The molecular weight excluding hydrogens is 244 g/mol. The molecule has 1 N–H and O–H groups in total. The van der Waals surface area contributed by atoms with Gasteiger partial charge in [0.25, 0.3) is 5.91 Å². The molecule has 5 heteroatoms.